The molecule has 1 saturated heterocycles. The van der Waals surface area contributed by atoms with E-state index in [0.717, 1.165) is 24.7 Å². The van der Waals surface area contributed by atoms with Gasteiger partial charge in [0.25, 0.3) is 0 Å². The lowest BCUT2D eigenvalue weighted by atomic mass is 9.79. The van der Waals surface area contributed by atoms with Crippen molar-refractivity contribution in [1.29, 1.82) is 0 Å². The molecule has 3 aliphatic carbocycles. The van der Waals surface area contributed by atoms with Gasteiger partial charge >= 0.3 is 5.97 Å². The summed E-state index contributed by atoms with van der Waals surface area (Å²) in [5, 5.41) is 0. The number of carbonyl (C=O) groups is 1. The lowest BCUT2D eigenvalue weighted by molar-refractivity contribution is -0.164. The van der Waals surface area contributed by atoms with Crippen LogP contribution in [0, 0.1) is 29.1 Å². The number of esters is 1. The molecule has 1 heterocycles. The predicted octanol–water partition coefficient (Wildman–Crippen LogP) is 2.78. The molecular weight excluding hydrogens is 240 g/mol. The van der Waals surface area contributed by atoms with E-state index in [0.29, 0.717) is 24.0 Å². The highest BCUT2D eigenvalue weighted by Gasteiger charge is 2.67. The maximum Gasteiger partial charge on any atom is 0.311 e. The van der Waals surface area contributed by atoms with Crippen LogP contribution in [-0.2, 0) is 14.3 Å². The van der Waals surface area contributed by atoms with E-state index < -0.39 is 0 Å². The molecule has 106 valence electrons. The fraction of sp³-hybridized carbons (Fsp3) is 0.938. The summed E-state index contributed by atoms with van der Waals surface area (Å²) in [6, 6.07) is 0. The summed E-state index contributed by atoms with van der Waals surface area (Å²) in [5.41, 5.74) is -0.338. The number of hydrogen-bond acceptors (Lipinski definition) is 3. The van der Waals surface area contributed by atoms with Crippen LogP contribution in [-0.4, -0.2) is 24.3 Å². The number of epoxide rings is 1. The second-order valence-electron chi connectivity index (χ2n) is 7.69. The Hall–Kier alpha value is -0.570. The maximum atomic E-state index is 12.3. The Balaban J connectivity index is 1.46. The molecule has 4 rings (SSSR count). The van der Waals surface area contributed by atoms with Crippen LogP contribution in [0.5, 0.6) is 0 Å². The zero-order chi connectivity index (χ0) is 13.4. The molecule has 0 aromatic carbocycles. The number of ether oxygens (including phenoxy) is 2. The van der Waals surface area contributed by atoms with E-state index in [-0.39, 0.29) is 17.5 Å². The zero-order valence-electron chi connectivity index (χ0n) is 12.1. The van der Waals surface area contributed by atoms with Crippen molar-refractivity contribution in [3.05, 3.63) is 0 Å². The average molecular weight is 264 g/mol. The first kappa shape index (κ1) is 12.2. The third kappa shape index (κ3) is 1.63. The van der Waals surface area contributed by atoms with Crippen LogP contribution in [0.3, 0.4) is 0 Å². The van der Waals surface area contributed by atoms with Gasteiger partial charge < -0.3 is 9.47 Å². The quantitative estimate of drug-likeness (QED) is 0.581. The minimum Gasteiger partial charge on any atom is -0.462 e. The van der Waals surface area contributed by atoms with E-state index >= 15 is 0 Å². The highest BCUT2D eigenvalue weighted by Crippen LogP contribution is 2.64. The van der Waals surface area contributed by atoms with Gasteiger partial charge in [0.05, 0.1) is 17.6 Å². The molecule has 4 aliphatic rings. The lowest BCUT2D eigenvalue weighted by Crippen LogP contribution is -2.38. The number of fused-ring (bicyclic) bond motifs is 7. The Morgan fingerprint density at radius 3 is 2.79 bits per heavy atom. The summed E-state index contributed by atoms with van der Waals surface area (Å²) in [7, 11) is 0. The molecule has 0 N–H and O–H groups in total. The molecule has 19 heavy (non-hydrogen) atoms. The minimum atomic E-state index is -0.338. The van der Waals surface area contributed by atoms with E-state index in [1.54, 1.807) is 0 Å². The number of carbonyl (C=O) groups excluding carboxylic acids is 1. The van der Waals surface area contributed by atoms with Crippen molar-refractivity contribution in [2.24, 2.45) is 29.1 Å². The zero-order valence-corrected chi connectivity index (χ0v) is 12.1. The van der Waals surface area contributed by atoms with Crippen LogP contribution in [0.1, 0.15) is 46.5 Å². The van der Waals surface area contributed by atoms with Crippen molar-refractivity contribution in [3.63, 3.8) is 0 Å². The van der Waals surface area contributed by atoms with Gasteiger partial charge in [-0.3, -0.25) is 4.79 Å². The van der Waals surface area contributed by atoms with Gasteiger partial charge in [-0.2, -0.15) is 0 Å². The standard InChI is InChI=1S/C16H24O3/c1-4-16(2,3)15(17)19-11-6-8-5-10(11)13-9(8)7-12-14(13)18-12/h8-14H,4-7H2,1-3H3. The predicted molar refractivity (Wildman–Crippen MR) is 70.4 cm³/mol. The van der Waals surface area contributed by atoms with Gasteiger partial charge in [-0.1, -0.05) is 6.92 Å². The maximum absolute atomic E-state index is 12.3. The molecule has 3 saturated carbocycles. The summed E-state index contributed by atoms with van der Waals surface area (Å²) >= 11 is 0. The van der Waals surface area contributed by atoms with E-state index in [1.165, 1.54) is 12.8 Å². The summed E-state index contributed by atoms with van der Waals surface area (Å²) < 4.78 is 11.6. The van der Waals surface area contributed by atoms with Crippen LogP contribution >= 0.6 is 0 Å². The molecule has 7 atom stereocenters. The van der Waals surface area contributed by atoms with Crippen molar-refractivity contribution in [3.8, 4) is 0 Å². The monoisotopic (exact) mass is 264 g/mol. The van der Waals surface area contributed by atoms with Gasteiger partial charge in [-0.05, 0) is 57.3 Å². The molecule has 0 aromatic heterocycles. The first-order valence-electron chi connectivity index (χ1n) is 7.88. The average Bonchev–Trinajstić information content (AvgIpc) is 2.75. The SMILES string of the molecule is CCC(C)(C)C(=O)OC1CC2CC1C1C2CC2OC21. The smallest absolute Gasteiger partial charge is 0.311 e. The van der Waals surface area contributed by atoms with Crippen LogP contribution in [0.15, 0.2) is 0 Å². The minimum absolute atomic E-state index is 0.00429. The normalized spacial score (nSPS) is 49.9. The fourth-order valence-corrected chi connectivity index (χ4v) is 4.82. The molecule has 2 bridgehead atoms. The van der Waals surface area contributed by atoms with Gasteiger partial charge in [0, 0.05) is 5.92 Å². The van der Waals surface area contributed by atoms with Gasteiger partial charge in [0.1, 0.15) is 6.10 Å². The number of rotatable bonds is 3. The molecule has 7 unspecified atom stereocenters. The number of hydrogen-bond donors (Lipinski definition) is 0. The molecular formula is C16H24O3. The molecule has 1 aliphatic heterocycles. The van der Waals surface area contributed by atoms with Crippen molar-refractivity contribution in [1.82, 2.24) is 0 Å². The third-order valence-corrected chi connectivity index (χ3v) is 6.38. The molecule has 3 nitrogen and oxygen atoms in total. The van der Waals surface area contributed by atoms with E-state index in [1.807, 2.05) is 13.8 Å². The fourth-order valence-electron chi connectivity index (χ4n) is 4.82. The second-order valence-corrected chi connectivity index (χ2v) is 7.69. The molecule has 3 heteroatoms. The molecule has 0 aromatic rings. The van der Waals surface area contributed by atoms with Crippen molar-refractivity contribution in [2.75, 3.05) is 0 Å². The molecule has 0 spiro atoms. The Morgan fingerprint density at radius 2 is 2.05 bits per heavy atom. The Morgan fingerprint density at radius 1 is 1.26 bits per heavy atom. The topological polar surface area (TPSA) is 38.8 Å². The third-order valence-electron chi connectivity index (χ3n) is 6.38. The Bertz CT molecular complexity index is 416. The summed E-state index contributed by atoms with van der Waals surface area (Å²) in [6.07, 6.45) is 5.74. The largest absolute Gasteiger partial charge is 0.462 e. The second kappa shape index (κ2) is 3.75. The molecule has 0 amide bonds. The molecule has 0 radical (unpaired) electrons. The van der Waals surface area contributed by atoms with Crippen LogP contribution < -0.4 is 0 Å². The van der Waals surface area contributed by atoms with Gasteiger partial charge in [-0.25, -0.2) is 0 Å². The van der Waals surface area contributed by atoms with Gasteiger partial charge in [0.15, 0.2) is 0 Å². The van der Waals surface area contributed by atoms with Crippen molar-refractivity contribution < 1.29 is 14.3 Å². The van der Waals surface area contributed by atoms with Crippen LogP contribution in [0.2, 0.25) is 0 Å². The van der Waals surface area contributed by atoms with E-state index in [2.05, 4.69) is 6.92 Å². The highest BCUT2D eigenvalue weighted by atomic mass is 16.6. The highest BCUT2D eigenvalue weighted by molar-refractivity contribution is 5.76. The summed E-state index contributed by atoms with van der Waals surface area (Å²) in [6.45, 7) is 6.03. The summed E-state index contributed by atoms with van der Waals surface area (Å²) in [4.78, 5) is 12.3. The Labute approximate surface area is 115 Å². The Kier molecular flexibility index (Phi) is 2.41. The van der Waals surface area contributed by atoms with Crippen LogP contribution in [0.25, 0.3) is 0 Å². The lowest BCUT2D eigenvalue weighted by Gasteiger charge is -2.34. The van der Waals surface area contributed by atoms with Gasteiger partial charge in [0.2, 0.25) is 0 Å². The first-order chi connectivity index (χ1) is 9.01. The van der Waals surface area contributed by atoms with Crippen LogP contribution in [0.4, 0.5) is 0 Å². The van der Waals surface area contributed by atoms with Gasteiger partial charge in [-0.15, -0.1) is 0 Å². The first-order valence-corrected chi connectivity index (χ1v) is 7.88. The van der Waals surface area contributed by atoms with E-state index in [9.17, 15) is 4.79 Å². The van der Waals surface area contributed by atoms with Crippen molar-refractivity contribution >= 4 is 5.97 Å². The summed E-state index contributed by atoms with van der Waals surface area (Å²) in [5.74, 6) is 2.96. The van der Waals surface area contributed by atoms with E-state index in [4.69, 9.17) is 9.47 Å². The molecule has 4 fully saturated rings. The van der Waals surface area contributed by atoms with Crippen molar-refractivity contribution in [2.45, 2.75) is 64.8 Å².